The quantitative estimate of drug-likeness (QED) is 0.789. The Morgan fingerprint density at radius 2 is 2.10 bits per heavy atom. The van der Waals surface area contributed by atoms with Crippen LogP contribution in [0, 0.1) is 0 Å². The Labute approximate surface area is 126 Å². The van der Waals surface area contributed by atoms with Gasteiger partial charge < -0.3 is 11.1 Å². The molecule has 0 heterocycles. The van der Waals surface area contributed by atoms with E-state index in [0.29, 0.717) is 11.3 Å². The molecule has 1 aromatic carbocycles. The number of hydrogen-bond acceptors (Lipinski definition) is 3. The fourth-order valence-electron chi connectivity index (χ4n) is 1.69. The summed E-state index contributed by atoms with van der Waals surface area (Å²) >= 11 is 4.82. The maximum Gasteiger partial charge on any atom is 0.401 e. The fraction of sp³-hybridized carbons (Fsp3) is 0.385. The fourth-order valence-corrected chi connectivity index (χ4v) is 1.81. The minimum absolute atomic E-state index is 0.125. The third-order valence-electron chi connectivity index (χ3n) is 2.65. The first kappa shape index (κ1) is 17.4. The Kier molecular flexibility index (Phi) is 6.10. The molecule has 0 unspecified atom stereocenters. The Bertz CT molecular complexity index is 520. The van der Waals surface area contributed by atoms with Gasteiger partial charge in [0.15, 0.2) is 0 Å². The second-order valence-corrected chi connectivity index (χ2v) is 4.85. The highest BCUT2D eigenvalue weighted by atomic mass is 32.1. The van der Waals surface area contributed by atoms with E-state index < -0.39 is 18.6 Å². The van der Waals surface area contributed by atoms with E-state index in [9.17, 15) is 18.0 Å². The van der Waals surface area contributed by atoms with E-state index in [-0.39, 0.29) is 18.1 Å². The van der Waals surface area contributed by atoms with E-state index in [1.807, 2.05) is 0 Å². The summed E-state index contributed by atoms with van der Waals surface area (Å²) in [4.78, 5) is 13.0. The van der Waals surface area contributed by atoms with Crippen LogP contribution >= 0.6 is 12.2 Å². The molecule has 116 valence electrons. The SMILES string of the molecule is CCN(CC(=O)Nc1cccc(C(N)=S)c1)CC(F)(F)F. The normalized spacial score (nSPS) is 11.5. The molecule has 21 heavy (non-hydrogen) atoms. The highest BCUT2D eigenvalue weighted by molar-refractivity contribution is 7.80. The van der Waals surface area contributed by atoms with Crippen LogP contribution < -0.4 is 11.1 Å². The van der Waals surface area contributed by atoms with Crippen molar-refractivity contribution in [2.45, 2.75) is 13.1 Å². The highest BCUT2D eigenvalue weighted by Gasteiger charge is 2.30. The van der Waals surface area contributed by atoms with Gasteiger partial charge in [0.2, 0.25) is 5.91 Å². The molecule has 0 aliphatic carbocycles. The zero-order valence-electron chi connectivity index (χ0n) is 11.4. The molecule has 0 atom stereocenters. The van der Waals surface area contributed by atoms with Crippen molar-refractivity contribution < 1.29 is 18.0 Å². The van der Waals surface area contributed by atoms with E-state index in [1.54, 1.807) is 31.2 Å². The number of carbonyl (C=O) groups excluding carboxylic acids is 1. The molecule has 0 aromatic heterocycles. The molecule has 1 amide bonds. The average molecular weight is 319 g/mol. The molecular formula is C13H16F3N3OS. The van der Waals surface area contributed by atoms with Crippen LogP contribution in [0.2, 0.25) is 0 Å². The molecule has 0 spiro atoms. The van der Waals surface area contributed by atoms with Crippen LogP contribution in [0.5, 0.6) is 0 Å². The van der Waals surface area contributed by atoms with Crippen molar-refractivity contribution in [3.63, 3.8) is 0 Å². The molecule has 0 aliphatic rings. The average Bonchev–Trinajstić information content (AvgIpc) is 2.36. The molecule has 0 saturated heterocycles. The third-order valence-corrected chi connectivity index (χ3v) is 2.88. The summed E-state index contributed by atoms with van der Waals surface area (Å²) in [5.41, 5.74) is 6.48. The topological polar surface area (TPSA) is 58.4 Å². The van der Waals surface area contributed by atoms with E-state index in [1.165, 1.54) is 0 Å². The van der Waals surface area contributed by atoms with Crippen LogP contribution in [0.1, 0.15) is 12.5 Å². The largest absolute Gasteiger partial charge is 0.401 e. The number of thiocarbonyl (C=S) groups is 1. The summed E-state index contributed by atoms with van der Waals surface area (Å²) in [7, 11) is 0. The number of hydrogen-bond donors (Lipinski definition) is 2. The second-order valence-electron chi connectivity index (χ2n) is 4.41. The van der Waals surface area contributed by atoms with Gasteiger partial charge in [0.05, 0.1) is 13.1 Å². The van der Waals surface area contributed by atoms with Gasteiger partial charge >= 0.3 is 6.18 Å². The summed E-state index contributed by atoms with van der Waals surface area (Å²) in [5, 5.41) is 2.52. The molecule has 0 radical (unpaired) electrons. The van der Waals surface area contributed by atoms with Crippen molar-refractivity contribution in [2.75, 3.05) is 25.0 Å². The van der Waals surface area contributed by atoms with Gasteiger partial charge in [-0.1, -0.05) is 31.3 Å². The first-order chi connectivity index (χ1) is 9.71. The van der Waals surface area contributed by atoms with Gasteiger partial charge in [0.25, 0.3) is 0 Å². The van der Waals surface area contributed by atoms with E-state index >= 15 is 0 Å². The number of nitrogens with two attached hydrogens (primary N) is 1. The monoisotopic (exact) mass is 319 g/mol. The van der Waals surface area contributed by atoms with Gasteiger partial charge in [0, 0.05) is 11.3 Å². The Hall–Kier alpha value is -1.67. The van der Waals surface area contributed by atoms with Crippen LogP contribution in [0.4, 0.5) is 18.9 Å². The number of anilines is 1. The summed E-state index contributed by atoms with van der Waals surface area (Å²) in [6.07, 6.45) is -4.33. The Morgan fingerprint density at radius 1 is 1.43 bits per heavy atom. The van der Waals surface area contributed by atoms with Gasteiger partial charge in [-0.05, 0) is 18.7 Å². The van der Waals surface area contributed by atoms with Crippen LogP contribution in [-0.4, -0.2) is 41.6 Å². The molecule has 4 nitrogen and oxygen atoms in total. The summed E-state index contributed by atoms with van der Waals surface area (Å²) in [6, 6.07) is 6.51. The zero-order valence-corrected chi connectivity index (χ0v) is 12.2. The number of benzene rings is 1. The van der Waals surface area contributed by atoms with Crippen molar-refractivity contribution in [3.05, 3.63) is 29.8 Å². The van der Waals surface area contributed by atoms with Gasteiger partial charge in [-0.2, -0.15) is 13.2 Å². The molecular weight excluding hydrogens is 303 g/mol. The van der Waals surface area contributed by atoms with Crippen LogP contribution in [0.25, 0.3) is 0 Å². The lowest BCUT2D eigenvalue weighted by Crippen LogP contribution is -2.39. The Morgan fingerprint density at radius 3 is 2.62 bits per heavy atom. The summed E-state index contributed by atoms with van der Waals surface area (Å²) in [5.74, 6) is -0.527. The number of alkyl halides is 3. The van der Waals surface area contributed by atoms with Gasteiger partial charge in [-0.3, -0.25) is 9.69 Å². The first-order valence-electron chi connectivity index (χ1n) is 6.20. The maximum absolute atomic E-state index is 12.3. The number of rotatable bonds is 6. The molecule has 0 fully saturated rings. The first-order valence-corrected chi connectivity index (χ1v) is 6.61. The lowest BCUT2D eigenvalue weighted by Gasteiger charge is -2.21. The number of carbonyl (C=O) groups is 1. The molecule has 0 saturated carbocycles. The number of likely N-dealkylation sites (N-methyl/N-ethyl adjacent to an activating group) is 1. The predicted molar refractivity (Wildman–Crippen MR) is 79.1 cm³/mol. The molecule has 8 heteroatoms. The van der Waals surface area contributed by atoms with E-state index in [2.05, 4.69) is 5.32 Å². The van der Waals surface area contributed by atoms with Crippen molar-refractivity contribution >= 4 is 28.8 Å². The standard InChI is InChI=1S/C13H16F3N3OS/c1-2-19(8-13(14,15)16)7-11(20)18-10-5-3-4-9(6-10)12(17)21/h3-6H,2,7-8H2,1H3,(H2,17,21)(H,18,20). The van der Waals surface area contributed by atoms with Crippen molar-refractivity contribution in [1.29, 1.82) is 0 Å². The smallest absolute Gasteiger partial charge is 0.389 e. The predicted octanol–water partition coefficient (Wildman–Crippen LogP) is 2.14. The third kappa shape index (κ3) is 6.54. The second kappa shape index (κ2) is 7.37. The van der Waals surface area contributed by atoms with Crippen molar-refractivity contribution in [1.82, 2.24) is 4.90 Å². The molecule has 0 bridgehead atoms. The lowest BCUT2D eigenvalue weighted by molar-refractivity contribution is -0.147. The number of halogens is 3. The minimum Gasteiger partial charge on any atom is -0.389 e. The van der Waals surface area contributed by atoms with Crippen molar-refractivity contribution in [3.8, 4) is 0 Å². The zero-order chi connectivity index (χ0) is 16.0. The van der Waals surface area contributed by atoms with Crippen LogP contribution in [0.3, 0.4) is 0 Å². The van der Waals surface area contributed by atoms with E-state index in [0.717, 1.165) is 4.90 Å². The van der Waals surface area contributed by atoms with Crippen LogP contribution in [-0.2, 0) is 4.79 Å². The van der Waals surface area contributed by atoms with E-state index in [4.69, 9.17) is 18.0 Å². The van der Waals surface area contributed by atoms with Crippen LogP contribution in [0.15, 0.2) is 24.3 Å². The highest BCUT2D eigenvalue weighted by Crippen LogP contribution is 2.16. The maximum atomic E-state index is 12.3. The molecule has 1 rings (SSSR count). The summed E-state index contributed by atoms with van der Waals surface area (Å²) in [6.45, 7) is 0.226. The number of amides is 1. The van der Waals surface area contributed by atoms with Gasteiger partial charge in [0.1, 0.15) is 4.99 Å². The van der Waals surface area contributed by atoms with Crippen molar-refractivity contribution in [2.24, 2.45) is 5.73 Å². The molecule has 0 aliphatic heterocycles. The molecule has 1 aromatic rings. The number of nitrogens with one attached hydrogen (secondary N) is 1. The van der Waals surface area contributed by atoms with Gasteiger partial charge in [-0.15, -0.1) is 0 Å². The lowest BCUT2D eigenvalue weighted by atomic mass is 10.2. The summed E-state index contributed by atoms with van der Waals surface area (Å²) < 4.78 is 36.9. The van der Waals surface area contributed by atoms with Gasteiger partial charge in [-0.25, -0.2) is 0 Å². The minimum atomic E-state index is -4.33. The Balaban J connectivity index is 2.64. The molecule has 3 N–H and O–H groups in total. The number of nitrogens with zero attached hydrogens (tertiary/aromatic N) is 1.